The SMILES string of the molecule is CC(C)[C@H](N)C(=O)OC1[C@@H](CO)O[C@@H](n2ccc(N)nc2=O)[C@@]1(C)O.Cl. The number of anilines is 1. The van der Waals surface area contributed by atoms with Gasteiger partial charge in [0.15, 0.2) is 12.3 Å². The van der Waals surface area contributed by atoms with Crippen LogP contribution in [-0.2, 0) is 14.3 Å². The topological polar surface area (TPSA) is 163 Å². The molecule has 6 N–H and O–H groups in total. The molecule has 10 nitrogen and oxygen atoms in total. The number of rotatable bonds is 5. The molecule has 11 heteroatoms. The molecule has 1 aromatic rings. The predicted octanol–water partition coefficient (Wildman–Crippen LogP) is -1.22. The number of hydrogen-bond donors (Lipinski definition) is 4. The largest absolute Gasteiger partial charge is 0.455 e. The lowest BCUT2D eigenvalue weighted by Crippen LogP contribution is -2.51. The first-order chi connectivity index (χ1) is 11.6. The molecule has 1 aliphatic heterocycles. The minimum absolute atomic E-state index is 0. The van der Waals surface area contributed by atoms with Crippen molar-refractivity contribution in [3.63, 3.8) is 0 Å². The second-order valence-corrected chi connectivity index (χ2v) is 6.60. The van der Waals surface area contributed by atoms with Gasteiger partial charge in [-0.1, -0.05) is 13.8 Å². The highest BCUT2D eigenvalue weighted by atomic mass is 35.5. The Balaban J connectivity index is 0.00000338. The van der Waals surface area contributed by atoms with E-state index in [-0.39, 0.29) is 24.1 Å². The van der Waals surface area contributed by atoms with Gasteiger partial charge >= 0.3 is 11.7 Å². The van der Waals surface area contributed by atoms with Crippen LogP contribution in [0, 0.1) is 5.92 Å². The Morgan fingerprint density at radius 3 is 2.65 bits per heavy atom. The van der Waals surface area contributed by atoms with Crippen LogP contribution in [0.5, 0.6) is 0 Å². The van der Waals surface area contributed by atoms with E-state index >= 15 is 0 Å². The van der Waals surface area contributed by atoms with Gasteiger partial charge in [-0.25, -0.2) is 4.79 Å². The highest BCUT2D eigenvalue weighted by molar-refractivity contribution is 5.85. The van der Waals surface area contributed by atoms with Gasteiger partial charge in [0.25, 0.3) is 0 Å². The van der Waals surface area contributed by atoms with Gasteiger partial charge in [-0.15, -0.1) is 12.4 Å². The van der Waals surface area contributed by atoms with Crippen LogP contribution in [0.3, 0.4) is 0 Å². The Bertz CT molecular complexity index is 695. The molecule has 1 aliphatic rings. The molecule has 26 heavy (non-hydrogen) atoms. The minimum Gasteiger partial charge on any atom is -0.455 e. The van der Waals surface area contributed by atoms with Gasteiger partial charge in [0.2, 0.25) is 0 Å². The van der Waals surface area contributed by atoms with Gasteiger partial charge in [0.05, 0.1) is 6.61 Å². The summed E-state index contributed by atoms with van der Waals surface area (Å²) in [6, 6.07) is 0.470. The van der Waals surface area contributed by atoms with Crippen LogP contribution >= 0.6 is 12.4 Å². The standard InChI is InChI=1S/C15H24N4O6.ClH/c1-7(2)10(17)12(21)25-11-8(6-20)24-13(15(11,3)23)19-5-4-9(16)18-14(19)22;/h4-5,7-8,10-11,13,20,23H,6,17H2,1-3H3,(H2,16,18,22);1H/t8-,10+,11?,13-,15+;/m1./s1. The maximum atomic E-state index is 12.2. The van der Waals surface area contributed by atoms with Crippen LogP contribution in [0.1, 0.15) is 27.0 Å². The average molecular weight is 393 g/mol. The van der Waals surface area contributed by atoms with Crippen LogP contribution in [0.15, 0.2) is 17.1 Å². The van der Waals surface area contributed by atoms with E-state index in [0.29, 0.717) is 0 Å². The first kappa shape index (κ1) is 22.3. The number of esters is 1. The van der Waals surface area contributed by atoms with E-state index < -0.39 is 48.3 Å². The van der Waals surface area contributed by atoms with E-state index in [2.05, 4.69) is 4.98 Å². The number of carbonyl (C=O) groups is 1. The minimum atomic E-state index is -1.80. The highest BCUT2D eigenvalue weighted by Crippen LogP contribution is 2.39. The van der Waals surface area contributed by atoms with Crippen LogP contribution in [-0.4, -0.2) is 56.2 Å². The number of ether oxygens (including phenoxy) is 2. The summed E-state index contributed by atoms with van der Waals surface area (Å²) >= 11 is 0. The second-order valence-electron chi connectivity index (χ2n) is 6.60. The number of nitrogens with two attached hydrogens (primary N) is 2. The lowest BCUT2D eigenvalue weighted by Gasteiger charge is -2.30. The quantitative estimate of drug-likeness (QED) is 0.450. The zero-order chi connectivity index (χ0) is 18.9. The molecule has 0 bridgehead atoms. The average Bonchev–Trinajstić information content (AvgIpc) is 2.77. The third kappa shape index (κ3) is 4.15. The zero-order valence-corrected chi connectivity index (χ0v) is 15.5. The monoisotopic (exact) mass is 392 g/mol. The van der Waals surface area contributed by atoms with Gasteiger partial charge in [-0.05, 0) is 18.9 Å². The van der Waals surface area contributed by atoms with Crippen molar-refractivity contribution in [2.45, 2.75) is 50.8 Å². The molecule has 1 fully saturated rings. The smallest absolute Gasteiger partial charge is 0.351 e. The summed E-state index contributed by atoms with van der Waals surface area (Å²) in [5.41, 5.74) is 8.67. The summed E-state index contributed by atoms with van der Waals surface area (Å²) in [5, 5.41) is 20.4. The summed E-state index contributed by atoms with van der Waals surface area (Å²) in [7, 11) is 0. The molecule has 0 aliphatic carbocycles. The fourth-order valence-corrected chi connectivity index (χ4v) is 2.65. The molecule has 148 valence electrons. The Morgan fingerprint density at radius 1 is 1.54 bits per heavy atom. The number of aliphatic hydroxyl groups is 2. The molecule has 5 atom stereocenters. The van der Waals surface area contributed by atoms with E-state index in [1.165, 1.54) is 19.2 Å². The number of hydrogen-bond acceptors (Lipinski definition) is 9. The summed E-state index contributed by atoms with van der Waals surface area (Å²) in [5.74, 6) is -0.888. The van der Waals surface area contributed by atoms with Crippen LogP contribution in [0.2, 0.25) is 0 Å². The van der Waals surface area contributed by atoms with E-state index in [4.69, 9.17) is 20.9 Å². The van der Waals surface area contributed by atoms with Gasteiger partial charge in [0.1, 0.15) is 23.6 Å². The summed E-state index contributed by atoms with van der Waals surface area (Å²) < 4.78 is 11.9. The first-order valence-electron chi connectivity index (χ1n) is 7.89. The zero-order valence-electron chi connectivity index (χ0n) is 14.7. The molecule has 1 saturated heterocycles. The molecule has 0 saturated carbocycles. The van der Waals surface area contributed by atoms with Crippen molar-refractivity contribution in [1.82, 2.24) is 9.55 Å². The second kappa shape index (κ2) is 8.31. The van der Waals surface area contributed by atoms with E-state index in [1.807, 2.05) is 0 Å². The van der Waals surface area contributed by atoms with Crippen molar-refractivity contribution in [2.24, 2.45) is 11.7 Å². The molecule has 2 rings (SSSR count). The van der Waals surface area contributed by atoms with Crippen molar-refractivity contribution in [3.05, 3.63) is 22.7 Å². The van der Waals surface area contributed by atoms with Crippen molar-refractivity contribution in [3.8, 4) is 0 Å². The lowest BCUT2D eigenvalue weighted by atomic mass is 9.95. The number of aromatic nitrogens is 2. The number of aliphatic hydroxyl groups excluding tert-OH is 1. The van der Waals surface area contributed by atoms with Gasteiger partial charge in [-0.2, -0.15) is 4.98 Å². The molecule has 1 unspecified atom stereocenters. The number of halogens is 1. The van der Waals surface area contributed by atoms with Gasteiger partial charge < -0.3 is 31.2 Å². The first-order valence-corrected chi connectivity index (χ1v) is 7.89. The van der Waals surface area contributed by atoms with Gasteiger partial charge in [0, 0.05) is 6.20 Å². The fourth-order valence-electron chi connectivity index (χ4n) is 2.65. The Morgan fingerprint density at radius 2 is 2.15 bits per heavy atom. The molecule has 0 spiro atoms. The molecular formula is C15H25ClN4O6. The van der Waals surface area contributed by atoms with E-state index in [9.17, 15) is 19.8 Å². The fraction of sp³-hybridized carbons (Fsp3) is 0.667. The molecule has 0 radical (unpaired) electrons. The number of nitrogens with zero attached hydrogens (tertiary/aromatic N) is 2. The van der Waals surface area contributed by atoms with Crippen molar-refractivity contribution < 1.29 is 24.5 Å². The van der Waals surface area contributed by atoms with Crippen LogP contribution < -0.4 is 17.2 Å². The third-order valence-electron chi connectivity index (χ3n) is 4.23. The summed E-state index contributed by atoms with van der Waals surface area (Å²) in [6.45, 7) is 4.32. The lowest BCUT2D eigenvalue weighted by molar-refractivity contribution is -0.166. The normalized spacial score (nSPS) is 29.3. The molecule has 2 heterocycles. The molecular weight excluding hydrogens is 368 g/mol. The van der Waals surface area contributed by atoms with Crippen LogP contribution in [0.4, 0.5) is 5.82 Å². The number of nitrogen functional groups attached to an aromatic ring is 1. The van der Waals surface area contributed by atoms with Crippen LogP contribution in [0.25, 0.3) is 0 Å². The Hall–Kier alpha value is -1.72. The van der Waals surface area contributed by atoms with Crippen molar-refractivity contribution in [1.29, 1.82) is 0 Å². The number of carbonyl (C=O) groups excluding carboxylic acids is 1. The predicted molar refractivity (Wildman–Crippen MR) is 94.5 cm³/mol. The third-order valence-corrected chi connectivity index (χ3v) is 4.23. The van der Waals surface area contributed by atoms with E-state index in [0.717, 1.165) is 4.57 Å². The Kier molecular flexibility index (Phi) is 7.14. The maximum Gasteiger partial charge on any atom is 0.351 e. The molecule has 0 amide bonds. The Labute approximate surface area is 156 Å². The van der Waals surface area contributed by atoms with Crippen molar-refractivity contribution >= 4 is 24.2 Å². The summed E-state index contributed by atoms with van der Waals surface area (Å²) in [4.78, 5) is 27.8. The maximum absolute atomic E-state index is 12.2. The van der Waals surface area contributed by atoms with Crippen molar-refractivity contribution in [2.75, 3.05) is 12.3 Å². The van der Waals surface area contributed by atoms with E-state index in [1.54, 1.807) is 13.8 Å². The van der Waals surface area contributed by atoms with Gasteiger partial charge in [-0.3, -0.25) is 9.36 Å². The highest BCUT2D eigenvalue weighted by Gasteiger charge is 2.56. The molecule has 1 aromatic heterocycles. The summed E-state index contributed by atoms with van der Waals surface area (Å²) in [6.07, 6.45) is -2.17. The molecule has 0 aromatic carbocycles.